The fourth-order valence-electron chi connectivity index (χ4n) is 3.29. The second kappa shape index (κ2) is 13.3. The maximum absolute atomic E-state index is 10.0. The van der Waals surface area contributed by atoms with Gasteiger partial charge >= 0.3 is 0 Å². The molecule has 0 radical (unpaired) electrons. The molecule has 0 aliphatic carbocycles. The fraction of sp³-hybridized carbons (Fsp3) is 0.500. The molecule has 28 heavy (non-hydrogen) atoms. The molecule has 0 amide bonds. The van der Waals surface area contributed by atoms with Crippen LogP contribution in [-0.2, 0) is 4.84 Å². The monoisotopic (exact) mass is 384 g/mol. The molecule has 4 heteroatoms. The highest BCUT2D eigenvalue weighted by Gasteiger charge is 2.16. The molecular formula is C24H36N2O2. The van der Waals surface area contributed by atoms with Crippen molar-refractivity contribution in [2.75, 3.05) is 18.0 Å². The van der Waals surface area contributed by atoms with Gasteiger partial charge in [0.2, 0.25) is 0 Å². The first-order valence-corrected chi connectivity index (χ1v) is 10.7. The molecule has 154 valence electrons. The maximum atomic E-state index is 10.0. The molecule has 2 N–H and O–H groups in total. The number of anilines is 2. The third kappa shape index (κ3) is 8.01. The van der Waals surface area contributed by atoms with Crippen molar-refractivity contribution in [2.24, 2.45) is 0 Å². The Kier molecular flexibility index (Phi) is 10.7. The number of hydrogen-bond acceptors (Lipinski definition) is 4. The zero-order chi connectivity index (χ0) is 20.0. The number of hydroxylamine groups is 1. The predicted octanol–water partition coefficient (Wildman–Crippen LogP) is 5.46. The third-order valence-electron chi connectivity index (χ3n) is 4.94. The third-order valence-corrected chi connectivity index (χ3v) is 4.94. The van der Waals surface area contributed by atoms with Crippen LogP contribution in [0.4, 0.5) is 11.4 Å². The molecule has 0 spiro atoms. The standard InChI is InChI=1S/C24H36N2O2/c1-3-4-5-6-13-18-24(21(2)27)28-25-19-20-26(22-14-9-7-10-15-22)23-16-11-8-12-17-23/h7-12,14-17,21,24-25,27H,3-6,13,18-20H2,1-2H3. The van der Waals surface area contributed by atoms with Crippen molar-refractivity contribution in [2.45, 2.75) is 64.6 Å². The highest BCUT2D eigenvalue weighted by molar-refractivity contribution is 5.62. The molecule has 4 nitrogen and oxygen atoms in total. The van der Waals surface area contributed by atoms with Crippen molar-refractivity contribution < 1.29 is 9.94 Å². The molecular weight excluding hydrogens is 348 g/mol. The Labute approximate surface area is 170 Å². The van der Waals surface area contributed by atoms with Gasteiger partial charge < -0.3 is 10.0 Å². The normalized spacial score (nSPS) is 13.2. The van der Waals surface area contributed by atoms with E-state index in [0.29, 0.717) is 6.54 Å². The van der Waals surface area contributed by atoms with Crippen LogP contribution in [0.1, 0.15) is 52.4 Å². The number of nitrogens with zero attached hydrogens (tertiary/aromatic N) is 1. The molecule has 0 aromatic heterocycles. The largest absolute Gasteiger partial charge is 0.391 e. The zero-order valence-corrected chi connectivity index (χ0v) is 17.4. The lowest BCUT2D eigenvalue weighted by Crippen LogP contribution is -2.36. The summed E-state index contributed by atoms with van der Waals surface area (Å²) in [5.41, 5.74) is 5.39. The smallest absolute Gasteiger partial charge is 0.105 e. The van der Waals surface area contributed by atoms with E-state index in [1.807, 2.05) is 12.1 Å². The number of hydrogen-bond donors (Lipinski definition) is 2. The lowest BCUT2D eigenvalue weighted by atomic mass is 10.1. The maximum Gasteiger partial charge on any atom is 0.105 e. The van der Waals surface area contributed by atoms with Gasteiger partial charge in [0.05, 0.1) is 6.10 Å². The van der Waals surface area contributed by atoms with Crippen LogP contribution in [0.25, 0.3) is 0 Å². The van der Waals surface area contributed by atoms with Gasteiger partial charge in [0.1, 0.15) is 6.10 Å². The van der Waals surface area contributed by atoms with E-state index in [2.05, 4.69) is 65.8 Å². The average molecular weight is 385 g/mol. The number of para-hydroxylation sites is 2. The van der Waals surface area contributed by atoms with Crippen LogP contribution in [0.2, 0.25) is 0 Å². The van der Waals surface area contributed by atoms with E-state index >= 15 is 0 Å². The molecule has 2 aromatic rings. The van der Waals surface area contributed by atoms with Gasteiger partial charge in [0.15, 0.2) is 0 Å². The number of rotatable bonds is 14. The Morgan fingerprint density at radius 2 is 1.46 bits per heavy atom. The van der Waals surface area contributed by atoms with E-state index in [4.69, 9.17) is 4.84 Å². The van der Waals surface area contributed by atoms with E-state index in [1.165, 1.54) is 25.7 Å². The zero-order valence-electron chi connectivity index (χ0n) is 17.4. The van der Waals surface area contributed by atoms with Crippen molar-refractivity contribution in [3.63, 3.8) is 0 Å². The van der Waals surface area contributed by atoms with Crippen molar-refractivity contribution in [1.29, 1.82) is 0 Å². The molecule has 2 unspecified atom stereocenters. The Morgan fingerprint density at radius 3 is 2.00 bits per heavy atom. The van der Waals surface area contributed by atoms with Crippen molar-refractivity contribution in [3.05, 3.63) is 60.7 Å². The molecule has 2 rings (SSSR count). The van der Waals surface area contributed by atoms with Gasteiger partial charge in [-0.3, -0.25) is 4.84 Å². The van der Waals surface area contributed by atoms with Crippen LogP contribution in [0.15, 0.2) is 60.7 Å². The predicted molar refractivity (Wildman–Crippen MR) is 118 cm³/mol. The van der Waals surface area contributed by atoms with Crippen molar-refractivity contribution in [3.8, 4) is 0 Å². The molecule has 0 bridgehead atoms. The number of unbranched alkanes of at least 4 members (excludes halogenated alkanes) is 4. The van der Waals surface area contributed by atoms with Gasteiger partial charge in [-0.15, -0.1) is 0 Å². The van der Waals surface area contributed by atoms with E-state index < -0.39 is 6.10 Å². The van der Waals surface area contributed by atoms with Crippen LogP contribution in [0, 0.1) is 0 Å². The lowest BCUT2D eigenvalue weighted by molar-refractivity contribution is -0.0843. The summed E-state index contributed by atoms with van der Waals surface area (Å²) in [5, 5.41) is 10.0. The number of benzene rings is 2. The van der Waals surface area contributed by atoms with Crippen molar-refractivity contribution in [1.82, 2.24) is 5.48 Å². The highest BCUT2D eigenvalue weighted by Crippen LogP contribution is 2.24. The quantitative estimate of drug-likeness (QED) is 0.335. The molecule has 2 aromatic carbocycles. The van der Waals surface area contributed by atoms with Gasteiger partial charge in [-0.25, -0.2) is 5.48 Å². The SMILES string of the molecule is CCCCCCCC(ONCCN(c1ccccc1)c1ccccc1)C(C)O. The van der Waals surface area contributed by atoms with E-state index in [9.17, 15) is 5.11 Å². The van der Waals surface area contributed by atoms with Gasteiger partial charge in [0, 0.05) is 24.5 Å². The summed E-state index contributed by atoms with van der Waals surface area (Å²) in [4.78, 5) is 8.07. The van der Waals surface area contributed by atoms with Gasteiger partial charge in [-0.1, -0.05) is 75.4 Å². The number of aliphatic hydroxyl groups excluding tert-OH is 1. The topological polar surface area (TPSA) is 44.7 Å². The van der Waals surface area contributed by atoms with E-state index in [-0.39, 0.29) is 6.10 Å². The highest BCUT2D eigenvalue weighted by atomic mass is 16.7. The fourth-order valence-corrected chi connectivity index (χ4v) is 3.29. The van der Waals surface area contributed by atoms with Crippen LogP contribution in [0.5, 0.6) is 0 Å². The Hall–Kier alpha value is -1.88. The second-order valence-electron chi connectivity index (χ2n) is 7.32. The average Bonchev–Trinajstić information content (AvgIpc) is 2.73. The first kappa shape index (κ1) is 22.4. The Balaban J connectivity index is 1.82. The molecule has 0 aliphatic rings. The first-order chi connectivity index (χ1) is 13.7. The molecule has 0 aliphatic heterocycles. The molecule has 0 saturated carbocycles. The summed E-state index contributed by atoms with van der Waals surface area (Å²) in [7, 11) is 0. The molecule has 0 saturated heterocycles. The Bertz CT molecular complexity index is 580. The minimum atomic E-state index is -0.474. The minimum Gasteiger partial charge on any atom is -0.391 e. The van der Waals surface area contributed by atoms with Crippen LogP contribution in [-0.4, -0.2) is 30.4 Å². The van der Waals surface area contributed by atoms with Crippen molar-refractivity contribution >= 4 is 11.4 Å². The lowest BCUT2D eigenvalue weighted by Gasteiger charge is -2.26. The molecule has 0 heterocycles. The molecule has 2 atom stereocenters. The number of aliphatic hydroxyl groups is 1. The first-order valence-electron chi connectivity index (χ1n) is 10.7. The summed E-state index contributed by atoms with van der Waals surface area (Å²) in [6, 6.07) is 20.7. The summed E-state index contributed by atoms with van der Waals surface area (Å²) in [6.07, 6.45) is 6.34. The summed E-state index contributed by atoms with van der Waals surface area (Å²) >= 11 is 0. The van der Waals surface area contributed by atoms with Crippen LogP contribution >= 0.6 is 0 Å². The minimum absolute atomic E-state index is 0.163. The van der Waals surface area contributed by atoms with Crippen LogP contribution < -0.4 is 10.4 Å². The van der Waals surface area contributed by atoms with Gasteiger partial charge in [-0.05, 0) is 37.6 Å². The summed E-state index contributed by atoms with van der Waals surface area (Å²) in [6.45, 7) is 5.47. The van der Waals surface area contributed by atoms with Gasteiger partial charge in [0.25, 0.3) is 0 Å². The summed E-state index contributed by atoms with van der Waals surface area (Å²) in [5.74, 6) is 0. The Morgan fingerprint density at radius 1 is 0.893 bits per heavy atom. The van der Waals surface area contributed by atoms with E-state index in [1.54, 1.807) is 6.92 Å². The van der Waals surface area contributed by atoms with Gasteiger partial charge in [-0.2, -0.15) is 0 Å². The van der Waals surface area contributed by atoms with Crippen LogP contribution in [0.3, 0.4) is 0 Å². The number of nitrogens with one attached hydrogen (secondary N) is 1. The second-order valence-corrected chi connectivity index (χ2v) is 7.32. The van der Waals surface area contributed by atoms with E-state index in [0.717, 1.165) is 30.8 Å². The summed E-state index contributed by atoms with van der Waals surface area (Å²) < 4.78 is 0. The molecule has 0 fully saturated rings.